The molecule has 0 aromatic rings. The topological polar surface area (TPSA) is 219 Å². The van der Waals surface area contributed by atoms with Crippen LogP contribution in [0.25, 0.3) is 0 Å². The van der Waals surface area contributed by atoms with Crippen LogP contribution in [-0.2, 0) is 18.9 Å². The molecule has 0 spiro atoms. The molecule has 6 rings (SSSR count). The van der Waals surface area contributed by atoms with E-state index >= 15 is 0 Å². The van der Waals surface area contributed by atoms with E-state index in [1.54, 1.807) is 0 Å². The van der Waals surface area contributed by atoms with E-state index < -0.39 is 98.4 Å². The van der Waals surface area contributed by atoms with Crippen molar-refractivity contribution < 1.29 is 64.9 Å². The third-order valence-electron chi connectivity index (χ3n) is 16.1. The standard InChI is InChI=1S/C41H70O13/c1-20(2)9-8-10-22(44)21-11-15-41(7)29(21)23(45)17-27-39(5)14-13-28(38(3,4)26(39)12-16-40(27,41)6)53-37-35(33(49)31(47)25(19-43)52-37)54-36-34(50)32(48)30(46)24(18-42)51-36/h9,21-37,42-50H,8,10-19H2,1-7H3/t21-,22+,23-,24?,25?,26?,27?,28+,29+,30?,31?,32?,33?,34?,35?,36?,37?,39+,40-,41-/m1/s1. The maximum Gasteiger partial charge on any atom is 0.187 e. The van der Waals surface area contributed by atoms with Crippen molar-refractivity contribution in [3.05, 3.63) is 11.6 Å². The van der Waals surface area contributed by atoms with Crippen LogP contribution in [0.5, 0.6) is 0 Å². The molecule has 13 heteroatoms. The van der Waals surface area contributed by atoms with E-state index in [9.17, 15) is 46.0 Å². The lowest BCUT2D eigenvalue weighted by atomic mass is 9.35. The highest BCUT2D eigenvalue weighted by atomic mass is 16.8. The van der Waals surface area contributed by atoms with Gasteiger partial charge in [-0.05, 0) is 117 Å². The van der Waals surface area contributed by atoms with Gasteiger partial charge in [-0.25, -0.2) is 0 Å². The molecule has 54 heavy (non-hydrogen) atoms. The fraction of sp³-hybridized carbons (Fsp3) is 0.951. The van der Waals surface area contributed by atoms with Crippen molar-refractivity contribution >= 4 is 0 Å². The molecule has 4 saturated carbocycles. The van der Waals surface area contributed by atoms with Crippen LogP contribution < -0.4 is 0 Å². The highest BCUT2D eigenvalue weighted by Crippen LogP contribution is 2.75. The second kappa shape index (κ2) is 15.8. The van der Waals surface area contributed by atoms with Crippen LogP contribution in [-0.4, -0.2) is 139 Å². The number of hydrogen-bond acceptors (Lipinski definition) is 13. The third kappa shape index (κ3) is 6.96. The number of hydrogen-bond donors (Lipinski definition) is 9. The molecule has 9 N–H and O–H groups in total. The fourth-order valence-corrected chi connectivity index (χ4v) is 13.0. The molecule has 12 unspecified atom stereocenters. The predicted octanol–water partition coefficient (Wildman–Crippen LogP) is 1.76. The van der Waals surface area contributed by atoms with Gasteiger partial charge in [0, 0.05) is 0 Å². The second-order valence-electron chi connectivity index (χ2n) is 19.4. The van der Waals surface area contributed by atoms with Crippen molar-refractivity contribution in [2.75, 3.05) is 13.2 Å². The maximum atomic E-state index is 12.1. The lowest BCUT2D eigenvalue weighted by molar-refractivity contribution is -0.378. The minimum absolute atomic E-state index is 0.0360. The number of aliphatic hydroxyl groups excluding tert-OH is 9. The van der Waals surface area contributed by atoms with Crippen LogP contribution in [0.15, 0.2) is 11.6 Å². The quantitative estimate of drug-likeness (QED) is 0.114. The van der Waals surface area contributed by atoms with Gasteiger partial charge < -0.3 is 64.9 Å². The summed E-state index contributed by atoms with van der Waals surface area (Å²) in [6.07, 6.45) is -6.76. The normalized spacial score (nSPS) is 52.1. The summed E-state index contributed by atoms with van der Waals surface area (Å²) < 4.78 is 24.3. The van der Waals surface area contributed by atoms with Crippen molar-refractivity contribution in [1.29, 1.82) is 0 Å². The molecular formula is C41H70O13. The first-order chi connectivity index (χ1) is 25.3. The molecule has 6 fully saturated rings. The van der Waals surface area contributed by atoms with Crippen molar-refractivity contribution in [3.8, 4) is 0 Å². The van der Waals surface area contributed by atoms with E-state index in [0.29, 0.717) is 19.3 Å². The van der Waals surface area contributed by atoms with E-state index in [1.165, 1.54) is 5.57 Å². The smallest absolute Gasteiger partial charge is 0.187 e. The van der Waals surface area contributed by atoms with Gasteiger partial charge in [0.2, 0.25) is 0 Å². The Morgan fingerprint density at radius 1 is 0.722 bits per heavy atom. The van der Waals surface area contributed by atoms with Gasteiger partial charge in [-0.1, -0.05) is 46.3 Å². The first-order valence-corrected chi connectivity index (χ1v) is 20.5. The average molecular weight is 771 g/mol. The number of aliphatic hydroxyl groups is 9. The van der Waals surface area contributed by atoms with Crippen molar-refractivity contribution in [2.24, 2.45) is 45.3 Å². The van der Waals surface area contributed by atoms with E-state index in [-0.39, 0.29) is 39.9 Å². The summed E-state index contributed by atoms with van der Waals surface area (Å²) in [6.45, 7) is 14.5. The molecule has 0 aromatic heterocycles. The Balaban J connectivity index is 1.22. The van der Waals surface area contributed by atoms with E-state index in [0.717, 1.165) is 38.5 Å². The van der Waals surface area contributed by atoms with Gasteiger partial charge in [0.25, 0.3) is 0 Å². The summed E-state index contributed by atoms with van der Waals surface area (Å²) in [4.78, 5) is 0. The third-order valence-corrected chi connectivity index (χ3v) is 16.1. The first kappa shape index (κ1) is 42.8. The van der Waals surface area contributed by atoms with Crippen LogP contribution >= 0.6 is 0 Å². The summed E-state index contributed by atoms with van der Waals surface area (Å²) in [5.41, 5.74) is 0.533. The van der Waals surface area contributed by atoms with Crippen LogP contribution in [0.2, 0.25) is 0 Å². The van der Waals surface area contributed by atoms with Gasteiger partial charge >= 0.3 is 0 Å². The maximum absolute atomic E-state index is 12.1. The minimum atomic E-state index is -1.75. The Morgan fingerprint density at radius 3 is 1.96 bits per heavy atom. The molecule has 2 aliphatic heterocycles. The molecule has 312 valence electrons. The zero-order valence-corrected chi connectivity index (χ0v) is 33.3. The molecule has 13 nitrogen and oxygen atoms in total. The zero-order chi connectivity index (χ0) is 39.7. The van der Waals surface area contributed by atoms with Gasteiger partial charge in [0.05, 0.1) is 31.5 Å². The average Bonchev–Trinajstić information content (AvgIpc) is 3.49. The number of allylic oxidation sites excluding steroid dienone is 2. The highest BCUT2D eigenvalue weighted by molar-refractivity contribution is 5.19. The SMILES string of the molecule is CC(C)=CCC[C@H](O)[C@H]1CC[C@]2(C)[C@@H]1[C@H](O)CC1[C@@]3(C)CC[C@H](OC4OC(CO)C(O)C(O)C4OC4OC(CO)C(O)C(O)C4O)C(C)(C)C3CC[C@]12C. The lowest BCUT2D eigenvalue weighted by Crippen LogP contribution is -2.67. The van der Waals surface area contributed by atoms with Gasteiger partial charge in [0.15, 0.2) is 12.6 Å². The second-order valence-corrected chi connectivity index (χ2v) is 19.4. The summed E-state index contributed by atoms with van der Waals surface area (Å²) in [6, 6.07) is 0. The molecule has 0 bridgehead atoms. The van der Waals surface area contributed by atoms with Crippen LogP contribution in [0.1, 0.15) is 106 Å². The Hall–Kier alpha value is -0.780. The molecule has 4 aliphatic carbocycles. The van der Waals surface area contributed by atoms with Gasteiger partial charge in [-0.15, -0.1) is 0 Å². The molecule has 0 amide bonds. The zero-order valence-electron chi connectivity index (χ0n) is 33.3. The predicted molar refractivity (Wildman–Crippen MR) is 196 cm³/mol. The molecular weight excluding hydrogens is 700 g/mol. The van der Waals surface area contributed by atoms with Crippen LogP contribution in [0.4, 0.5) is 0 Å². The summed E-state index contributed by atoms with van der Waals surface area (Å²) in [7, 11) is 0. The molecule has 2 heterocycles. The highest BCUT2D eigenvalue weighted by Gasteiger charge is 2.71. The molecule has 0 aromatic carbocycles. The Kier molecular flexibility index (Phi) is 12.5. The largest absolute Gasteiger partial charge is 0.394 e. The number of ether oxygens (including phenoxy) is 4. The summed E-state index contributed by atoms with van der Waals surface area (Å²) in [5, 5.41) is 96.7. The number of fused-ring (bicyclic) bond motifs is 5. The summed E-state index contributed by atoms with van der Waals surface area (Å²) in [5.74, 6) is 0.549. The first-order valence-electron chi connectivity index (χ1n) is 20.5. The van der Waals surface area contributed by atoms with Gasteiger partial charge in [-0.3, -0.25) is 0 Å². The van der Waals surface area contributed by atoms with Crippen molar-refractivity contribution in [3.63, 3.8) is 0 Å². The molecule has 6 aliphatic rings. The minimum Gasteiger partial charge on any atom is -0.394 e. The molecule has 20 atom stereocenters. The van der Waals surface area contributed by atoms with Crippen LogP contribution in [0.3, 0.4) is 0 Å². The van der Waals surface area contributed by atoms with E-state index in [2.05, 4.69) is 54.5 Å². The Morgan fingerprint density at radius 2 is 1.33 bits per heavy atom. The van der Waals surface area contributed by atoms with Crippen LogP contribution in [0, 0.1) is 45.3 Å². The monoisotopic (exact) mass is 770 g/mol. The van der Waals surface area contributed by atoms with E-state index in [4.69, 9.17) is 18.9 Å². The molecule has 0 radical (unpaired) electrons. The van der Waals surface area contributed by atoms with Crippen molar-refractivity contribution in [2.45, 2.75) is 186 Å². The fourth-order valence-electron chi connectivity index (χ4n) is 13.0. The Bertz CT molecular complexity index is 1320. The van der Waals surface area contributed by atoms with E-state index in [1.807, 2.05) is 0 Å². The Labute approximate surface area is 320 Å². The van der Waals surface area contributed by atoms with Crippen molar-refractivity contribution in [1.82, 2.24) is 0 Å². The number of rotatable bonds is 10. The van der Waals surface area contributed by atoms with Gasteiger partial charge in [0.1, 0.15) is 48.8 Å². The lowest BCUT2D eigenvalue weighted by Gasteiger charge is -2.70. The molecule has 2 saturated heterocycles. The summed E-state index contributed by atoms with van der Waals surface area (Å²) >= 11 is 0. The van der Waals surface area contributed by atoms with Gasteiger partial charge in [-0.2, -0.15) is 0 Å².